The van der Waals surface area contributed by atoms with E-state index in [-0.39, 0.29) is 33.6 Å². The fourth-order valence-corrected chi connectivity index (χ4v) is 7.37. The van der Waals surface area contributed by atoms with Crippen LogP contribution in [0.3, 0.4) is 0 Å². The maximum Gasteiger partial charge on any atom is 0.235 e. The lowest BCUT2D eigenvalue weighted by molar-refractivity contribution is -0.139. The molecule has 3 N–H and O–H groups in total. The first-order chi connectivity index (χ1) is 20.2. The molecule has 2 amide bonds. The molecule has 10 heteroatoms. The summed E-state index contributed by atoms with van der Waals surface area (Å²) in [6, 6.07) is 10.3. The van der Waals surface area contributed by atoms with Crippen molar-refractivity contribution in [1.29, 1.82) is 0 Å². The van der Waals surface area contributed by atoms with E-state index in [1.807, 2.05) is 23.1 Å². The zero-order valence-corrected chi connectivity index (χ0v) is 24.9. The van der Waals surface area contributed by atoms with Crippen LogP contribution in [0.4, 0.5) is 15.9 Å². The summed E-state index contributed by atoms with van der Waals surface area (Å²) in [4.78, 5) is 32.7. The quantitative estimate of drug-likeness (QED) is 0.295. The summed E-state index contributed by atoms with van der Waals surface area (Å²) < 4.78 is 20.2. The van der Waals surface area contributed by atoms with Crippen LogP contribution in [0.25, 0.3) is 11.1 Å². The molecule has 3 heterocycles. The molecule has 2 aliphatic heterocycles. The minimum Gasteiger partial charge on any atom is -0.482 e. The number of fused-ring (bicyclic) bond motifs is 2. The number of pyridine rings is 1. The molecule has 1 aliphatic carbocycles. The van der Waals surface area contributed by atoms with Crippen LogP contribution in [0.2, 0.25) is 10.0 Å². The standard InChI is InChI=1S/C32H33Cl2FN4O3/c1-18(27-23(33)9-10-24(35)28(27)34)42-26-16-21(17-37-29(26)36)20-7-8-22-25(15-20)38-31(41)32(22)11-13-39(14-12-32)30(40)19-5-3-2-4-6-19/h7-10,15-19H,2-6,11-14H2,1H3,(H2,36,37)(H,38,41)/t18-/m1/s1. The van der Waals surface area contributed by atoms with E-state index in [1.54, 1.807) is 19.2 Å². The van der Waals surface area contributed by atoms with Gasteiger partial charge in [-0.15, -0.1) is 0 Å². The fraction of sp³-hybridized carbons (Fsp3) is 0.406. The van der Waals surface area contributed by atoms with Gasteiger partial charge in [-0.25, -0.2) is 9.37 Å². The molecule has 2 aromatic carbocycles. The van der Waals surface area contributed by atoms with Gasteiger partial charge in [-0.2, -0.15) is 0 Å². The van der Waals surface area contributed by atoms with E-state index in [2.05, 4.69) is 10.3 Å². The van der Waals surface area contributed by atoms with Crippen molar-refractivity contribution < 1.29 is 18.7 Å². The predicted octanol–water partition coefficient (Wildman–Crippen LogP) is 7.31. The van der Waals surface area contributed by atoms with Crippen LogP contribution in [0.1, 0.15) is 69.1 Å². The summed E-state index contributed by atoms with van der Waals surface area (Å²) in [6.07, 6.45) is 7.56. The molecule has 1 saturated carbocycles. The van der Waals surface area contributed by atoms with Crippen LogP contribution >= 0.6 is 23.2 Å². The molecule has 1 atom stereocenters. The molecule has 1 saturated heterocycles. The summed E-state index contributed by atoms with van der Waals surface area (Å²) in [7, 11) is 0. The van der Waals surface area contributed by atoms with Crippen LogP contribution in [0.5, 0.6) is 5.75 Å². The van der Waals surface area contributed by atoms with Gasteiger partial charge in [0.05, 0.1) is 10.4 Å². The van der Waals surface area contributed by atoms with E-state index in [4.69, 9.17) is 33.7 Å². The van der Waals surface area contributed by atoms with E-state index in [0.717, 1.165) is 48.1 Å². The van der Waals surface area contributed by atoms with Crippen molar-refractivity contribution in [3.05, 3.63) is 69.6 Å². The smallest absolute Gasteiger partial charge is 0.235 e. The highest BCUT2D eigenvalue weighted by atomic mass is 35.5. The predicted molar refractivity (Wildman–Crippen MR) is 162 cm³/mol. The van der Waals surface area contributed by atoms with Crippen LogP contribution < -0.4 is 15.8 Å². The molecule has 42 heavy (non-hydrogen) atoms. The van der Waals surface area contributed by atoms with Gasteiger partial charge in [0.2, 0.25) is 11.8 Å². The molecular weight excluding hydrogens is 578 g/mol. The number of nitrogens with one attached hydrogen (secondary N) is 1. The van der Waals surface area contributed by atoms with Crippen molar-refractivity contribution >= 4 is 46.5 Å². The first kappa shape index (κ1) is 28.7. The van der Waals surface area contributed by atoms with Gasteiger partial charge < -0.3 is 20.7 Å². The number of amides is 2. The molecule has 7 nitrogen and oxygen atoms in total. The normalized spacial score (nSPS) is 19.0. The summed E-state index contributed by atoms with van der Waals surface area (Å²) in [5, 5.41) is 3.26. The number of nitrogens with two attached hydrogens (primary N) is 1. The number of carbonyl (C=O) groups is 2. The third kappa shape index (κ3) is 5.09. The summed E-state index contributed by atoms with van der Waals surface area (Å²) in [5.74, 6) is 0.240. The van der Waals surface area contributed by atoms with Crippen LogP contribution in [-0.2, 0) is 15.0 Å². The maximum atomic E-state index is 14.1. The highest BCUT2D eigenvalue weighted by Gasteiger charge is 2.49. The monoisotopic (exact) mass is 610 g/mol. The molecule has 220 valence electrons. The second-order valence-corrected chi connectivity index (χ2v) is 12.4. The number of halogens is 3. The van der Waals surface area contributed by atoms with Gasteiger partial charge in [-0.1, -0.05) is 54.6 Å². The largest absolute Gasteiger partial charge is 0.482 e. The number of carbonyl (C=O) groups excluding carboxylic acids is 2. The van der Waals surface area contributed by atoms with Gasteiger partial charge in [0, 0.05) is 47.0 Å². The Labute approximate surface area is 254 Å². The number of anilines is 2. The minimum atomic E-state index is -0.699. The Bertz CT molecular complexity index is 1550. The molecule has 0 unspecified atom stereocenters. The first-order valence-electron chi connectivity index (χ1n) is 14.5. The van der Waals surface area contributed by atoms with Crippen molar-refractivity contribution in [2.24, 2.45) is 5.92 Å². The molecule has 0 radical (unpaired) electrons. The Morgan fingerprint density at radius 2 is 1.86 bits per heavy atom. The molecule has 3 aromatic rings. The average Bonchev–Trinajstić information content (AvgIpc) is 3.26. The molecule has 2 fully saturated rings. The summed E-state index contributed by atoms with van der Waals surface area (Å²) >= 11 is 12.5. The van der Waals surface area contributed by atoms with Gasteiger partial charge >= 0.3 is 0 Å². The van der Waals surface area contributed by atoms with Crippen LogP contribution in [-0.4, -0.2) is 34.8 Å². The topological polar surface area (TPSA) is 97.5 Å². The Morgan fingerprint density at radius 3 is 2.60 bits per heavy atom. The molecule has 6 rings (SSSR count). The number of ether oxygens (including phenoxy) is 1. The van der Waals surface area contributed by atoms with E-state index in [9.17, 15) is 14.0 Å². The molecule has 1 spiro atoms. The number of hydrogen-bond donors (Lipinski definition) is 2. The number of likely N-dealkylation sites (tertiary alicyclic amines) is 1. The summed E-state index contributed by atoms with van der Waals surface area (Å²) in [5.41, 5.74) is 9.08. The van der Waals surface area contributed by atoms with Gasteiger partial charge in [0.1, 0.15) is 11.9 Å². The van der Waals surface area contributed by atoms with E-state index < -0.39 is 17.3 Å². The lowest BCUT2D eigenvalue weighted by Crippen LogP contribution is -2.49. The molecule has 1 aromatic heterocycles. The van der Waals surface area contributed by atoms with E-state index >= 15 is 0 Å². The Kier molecular flexibility index (Phi) is 7.79. The third-order valence-corrected chi connectivity index (χ3v) is 9.82. The van der Waals surface area contributed by atoms with Crippen LogP contribution in [0, 0.1) is 11.7 Å². The van der Waals surface area contributed by atoms with Crippen molar-refractivity contribution in [3.8, 4) is 16.9 Å². The van der Waals surface area contributed by atoms with Gasteiger partial charge in [-0.05, 0) is 68.0 Å². The number of benzene rings is 2. The van der Waals surface area contributed by atoms with Crippen LogP contribution in [0.15, 0.2) is 42.6 Å². The fourth-order valence-electron chi connectivity index (χ4n) is 6.69. The summed E-state index contributed by atoms with van der Waals surface area (Å²) in [6.45, 7) is 2.88. The molecular formula is C32H33Cl2FN4O3. The van der Waals surface area contributed by atoms with Crippen molar-refractivity contribution in [3.63, 3.8) is 0 Å². The maximum absolute atomic E-state index is 14.1. The second kappa shape index (κ2) is 11.4. The van der Waals surface area contributed by atoms with E-state index in [0.29, 0.717) is 37.2 Å². The van der Waals surface area contributed by atoms with E-state index in [1.165, 1.54) is 18.6 Å². The number of hydrogen-bond acceptors (Lipinski definition) is 5. The zero-order valence-electron chi connectivity index (χ0n) is 23.4. The van der Waals surface area contributed by atoms with Gasteiger partial charge in [-0.3, -0.25) is 9.59 Å². The van der Waals surface area contributed by atoms with Gasteiger partial charge in [0.25, 0.3) is 0 Å². The lowest BCUT2D eigenvalue weighted by atomic mass is 9.73. The third-order valence-electron chi connectivity index (χ3n) is 9.11. The highest BCUT2D eigenvalue weighted by molar-refractivity contribution is 6.36. The second-order valence-electron chi connectivity index (χ2n) is 11.6. The number of nitrogen functional groups attached to an aromatic ring is 1. The number of piperidine rings is 1. The number of rotatable bonds is 5. The van der Waals surface area contributed by atoms with Crippen molar-refractivity contribution in [1.82, 2.24) is 9.88 Å². The number of aromatic nitrogens is 1. The molecule has 0 bridgehead atoms. The SMILES string of the molecule is C[C@@H](Oc1cc(-c2ccc3c(c2)NC(=O)C32CCN(C(=O)C3CCCCC3)CC2)cnc1N)c1c(Cl)ccc(F)c1Cl. The Hall–Kier alpha value is -3.36. The van der Waals surface area contributed by atoms with Crippen molar-refractivity contribution in [2.75, 3.05) is 24.1 Å². The highest BCUT2D eigenvalue weighted by Crippen LogP contribution is 2.47. The Morgan fingerprint density at radius 1 is 1.12 bits per heavy atom. The van der Waals surface area contributed by atoms with Crippen molar-refractivity contribution in [2.45, 2.75) is 63.4 Å². The lowest BCUT2D eigenvalue weighted by Gasteiger charge is -2.39. The first-order valence-corrected chi connectivity index (χ1v) is 15.2. The Balaban J connectivity index is 1.21. The average molecular weight is 612 g/mol. The molecule has 3 aliphatic rings. The zero-order chi connectivity index (χ0) is 29.6. The van der Waals surface area contributed by atoms with Gasteiger partial charge in [0.15, 0.2) is 11.6 Å². The minimum absolute atomic E-state index is 0.0171. The number of nitrogens with zero attached hydrogens (tertiary/aromatic N) is 2.